The molecule has 0 aliphatic heterocycles. The summed E-state index contributed by atoms with van der Waals surface area (Å²) >= 11 is 11.8. The second kappa shape index (κ2) is 8.13. The molecule has 0 aliphatic carbocycles. The monoisotopic (exact) mass is 362 g/mol. The summed E-state index contributed by atoms with van der Waals surface area (Å²) in [5.74, 6) is -0.845. The van der Waals surface area contributed by atoms with Crippen molar-refractivity contribution in [3.8, 4) is 0 Å². The van der Waals surface area contributed by atoms with E-state index in [2.05, 4.69) is 0 Å². The Kier molecular flexibility index (Phi) is 6.18. The van der Waals surface area contributed by atoms with E-state index in [9.17, 15) is 9.59 Å². The van der Waals surface area contributed by atoms with Crippen LogP contribution in [0.15, 0.2) is 42.5 Å². The van der Waals surface area contributed by atoms with Crippen molar-refractivity contribution in [2.75, 3.05) is 6.61 Å². The van der Waals surface area contributed by atoms with Crippen LogP contribution in [0, 0.1) is 13.8 Å². The molecule has 0 saturated heterocycles. The van der Waals surface area contributed by atoms with E-state index in [1.54, 1.807) is 24.3 Å². The lowest BCUT2D eigenvalue weighted by molar-refractivity contribution is -0.136. The molecule has 0 aliphatic rings. The summed E-state index contributed by atoms with van der Waals surface area (Å²) in [7, 11) is 0. The van der Waals surface area contributed by atoms with Crippen LogP contribution >= 0.6 is 23.2 Å². The van der Waals surface area contributed by atoms with Gasteiger partial charge >= 0.3 is 5.97 Å². The Morgan fingerprint density at radius 2 is 1.83 bits per heavy atom. The molecule has 0 unspecified atom stereocenters. The first-order chi connectivity index (χ1) is 11.4. The van der Waals surface area contributed by atoms with Crippen LogP contribution in [0.4, 0.5) is 0 Å². The third kappa shape index (κ3) is 4.95. The van der Waals surface area contributed by atoms with E-state index >= 15 is 0 Å². The van der Waals surface area contributed by atoms with Crippen molar-refractivity contribution in [1.82, 2.24) is 0 Å². The van der Waals surface area contributed by atoms with Crippen LogP contribution in [0.1, 0.15) is 27.0 Å². The summed E-state index contributed by atoms with van der Waals surface area (Å²) < 4.78 is 4.99. The summed E-state index contributed by atoms with van der Waals surface area (Å²) in [6, 6.07) is 10.5. The van der Waals surface area contributed by atoms with Crippen LogP contribution in [0.25, 0.3) is 6.08 Å². The highest BCUT2D eigenvalue weighted by molar-refractivity contribution is 6.35. The number of hydrogen-bond donors (Lipinski definition) is 0. The van der Waals surface area contributed by atoms with Crippen LogP contribution in [-0.4, -0.2) is 18.4 Å². The lowest BCUT2D eigenvalue weighted by atomic mass is 10.0. The molecule has 2 aromatic rings. The molecule has 2 aromatic carbocycles. The first kappa shape index (κ1) is 18.2. The predicted octanol–water partition coefficient (Wildman–Crippen LogP) is 5.05. The average Bonchev–Trinajstić information content (AvgIpc) is 2.54. The van der Waals surface area contributed by atoms with Gasteiger partial charge in [-0.3, -0.25) is 4.79 Å². The first-order valence-corrected chi connectivity index (χ1v) is 8.03. The smallest absolute Gasteiger partial charge is 0.331 e. The van der Waals surface area contributed by atoms with Crippen LogP contribution in [0.5, 0.6) is 0 Å². The lowest BCUT2D eigenvalue weighted by Crippen LogP contribution is -2.13. The Morgan fingerprint density at radius 3 is 2.54 bits per heavy atom. The van der Waals surface area contributed by atoms with Crippen molar-refractivity contribution in [3.05, 3.63) is 74.8 Å². The molecule has 124 valence electrons. The third-order valence-corrected chi connectivity index (χ3v) is 3.96. The molecule has 2 rings (SSSR count). The fourth-order valence-electron chi connectivity index (χ4n) is 2.09. The van der Waals surface area contributed by atoms with Gasteiger partial charge in [0.15, 0.2) is 6.61 Å². The van der Waals surface area contributed by atoms with Gasteiger partial charge in [-0.25, -0.2) is 4.79 Å². The number of esters is 1. The van der Waals surface area contributed by atoms with E-state index in [0.29, 0.717) is 21.2 Å². The number of carbonyl (C=O) groups excluding carboxylic acids is 2. The molecule has 0 N–H and O–H groups in total. The lowest BCUT2D eigenvalue weighted by Gasteiger charge is -2.06. The SMILES string of the molecule is Cc1ccc(C)c(C(=O)COC(=O)C=Cc2ccc(Cl)cc2Cl)c1. The maximum absolute atomic E-state index is 12.2. The molecule has 5 heteroatoms. The van der Waals surface area contributed by atoms with E-state index in [1.165, 1.54) is 12.2 Å². The molecule has 0 aromatic heterocycles. The zero-order chi connectivity index (χ0) is 17.7. The molecule has 0 amide bonds. The zero-order valence-electron chi connectivity index (χ0n) is 13.3. The fraction of sp³-hybridized carbons (Fsp3) is 0.158. The van der Waals surface area contributed by atoms with Crippen molar-refractivity contribution in [1.29, 1.82) is 0 Å². The second-order valence-electron chi connectivity index (χ2n) is 5.35. The molecule has 0 radical (unpaired) electrons. The van der Waals surface area contributed by atoms with Gasteiger partial charge in [-0.1, -0.05) is 47.0 Å². The maximum Gasteiger partial charge on any atom is 0.331 e. The Bertz CT molecular complexity index is 810. The summed E-state index contributed by atoms with van der Waals surface area (Å²) in [6.45, 7) is 3.44. The highest BCUT2D eigenvalue weighted by Crippen LogP contribution is 2.22. The first-order valence-electron chi connectivity index (χ1n) is 7.27. The second-order valence-corrected chi connectivity index (χ2v) is 6.19. The highest BCUT2D eigenvalue weighted by atomic mass is 35.5. The molecule has 0 saturated carbocycles. The predicted molar refractivity (Wildman–Crippen MR) is 96.7 cm³/mol. The van der Waals surface area contributed by atoms with Gasteiger partial charge in [0.25, 0.3) is 0 Å². The molecule has 3 nitrogen and oxygen atoms in total. The summed E-state index contributed by atoms with van der Waals surface area (Å²) in [6.07, 6.45) is 2.74. The summed E-state index contributed by atoms with van der Waals surface area (Å²) in [5, 5.41) is 0.942. The number of Topliss-reactive ketones (excluding diaryl/α,β-unsaturated/α-hetero) is 1. The molecule has 24 heavy (non-hydrogen) atoms. The topological polar surface area (TPSA) is 43.4 Å². The largest absolute Gasteiger partial charge is 0.454 e. The third-order valence-electron chi connectivity index (χ3n) is 3.40. The van der Waals surface area contributed by atoms with Crippen LogP contribution in [0.2, 0.25) is 10.0 Å². The Balaban J connectivity index is 1.96. The molecule has 0 atom stereocenters. The number of rotatable bonds is 5. The van der Waals surface area contributed by atoms with Crippen LogP contribution in [0.3, 0.4) is 0 Å². The minimum atomic E-state index is -0.611. The van der Waals surface area contributed by atoms with Crippen molar-refractivity contribution in [2.24, 2.45) is 0 Å². The summed E-state index contributed by atoms with van der Waals surface area (Å²) in [5.41, 5.74) is 3.03. The number of ketones is 1. The van der Waals surface area contributed by atoms with Gasteiger partial charge in [0.05, 0.1) is 0 Å². The minimum absolute atomic E-state index is 0.234. The van der Waals surface area contributed by atoms with Gasteiger partial charge in [-0.2, -0.15) is 0 Å². The van der Waals surface area contributed by atoms with Gasteiger partial charge in [-0.05, 0) is 49.2 Å². The van der Waals surface area contributed by atoms with E-state index in [1.807, 2.05) is 26.0 Å². The number of carbonyl (C=O) groups is 2. The molecule has 0 heterocycles. The minimum Gasteiger partial charge on any atom is -0.454 e. The Hall–Kier alpha value is -2.10. The van der Waals surface area contributed by atoms with Crippen LogP contribution in [-0.2, 0) is 9.53 Å². The van der Waals surface area contributed by atoms with Crippen molar-refractivity contribution in [3.63, 3.8) is 0 Å². The number of ether oxygens (including phenoxy) is 1. The standard InChI is InChI=1S/C19H16Cl2O3/c1-12-3-4-13(2)16(9-12)18(22)11-24-19(23)8-6-14-5-7-15(20)10-17(14)21/h3-10H,11H2,1-2H3. The van der Waals surface area contributed by atoms with E-state index < -0.39 is 5.97 Å². The Morgan fingerprint density at radius 1 is 1.08 bits per heavy atom. The van der Waals surface area contributed by atoms with Gasteiger partial charge in [-0.15, -0.1) is 0 Å². The molecule has 0 spiro atoms. The Labute approximate surface area is 150 Å². The molecular weight excluding hydrogens is 347 g/mol. The van der Waals surface area contributed by atoms with E-state index in [0.717, 1.165) is 11.1 Å². The van der Waals surface area contributed by atoms with Gasteiger partial charge in [0, 0.05) is 21.7 Å². The van der Waals surface area contributed by atoms with Gasteiger partial charge in [0.2, 0.25) is 5.78 Å². The van der Waals surface area contributed by atoms with Gasteiger partial charge < -0.3 is 4.74 Å². The summed E-state index contributed by atoms with van der Waals surface area (Å²) in [4.78, 5) is 23.9. The number of hydrogen-bond acceptors (Lipinski definition) is 3. The van der Waals surface area contributed by atoms with Gasteiger partial charge in [0.1, 0.15) is 0 Å². The van der Waals surface area contributed by atoms with Crippen molar-refractivity contribution < 1.29 is 14.3 Å². The molecule has 0 bridgehead atoms. The van der Waals surface area contributed by atoms with E-state index in [-0.39, 0.29) is 12.4 Å². The van der Waals surface area contributed by atoms with Crippen LogP contribution < -0.4 is 0 Å². The highest BCUT2D eigenvalue weighted by Gasteiger charge is 2.11. The number of halogens is 2. The normalized spacial score (nSPS) is 10.8. The number of aryl methyl sites for hydroxylation is 2. The maximum atomic E-state index is 12.2. The van der Waals surface area contributed by atoms with E-state index in [4.69, 9.17) is 27.9 Å². The fourth-order valence-corrected chi connectivity index (χ4v) is 2.56. The zero-order valence-corrected chi connectivity index (χ0v) is 14.8. The average molecular weight is 363 g/mol. The van der Waals surface area contributed by atoms with Crippen molar-refractivity contribution in [2.45, 2.75) is 13.8 Å². The van der Waals surface area contributed by atoms with Crippen molar-refractivity contribution >= 4 is 41.0 Å². The number of benzene rings is 2. The quantitative estimate of drug-likeness (QED) is 0.424. The molecule has 0 fully saturated rings. The molecular formula is C19H16Cl2O3.